The Morgan fingerprint density at radius 3 is 1.89 bits per heavy atom. The van der Waals surface area contributed by atoms with E-state index in [0.29, 0.717) is 23.5 Å². The van der Waals surface area contributed by atoms with Crippen molar-refractivity contribution in [3.63, 3.8) is 0 Å². The van der Waals surface area contributed by atoms with Crippen LogP contribution >= 0.6 is 0 Å². The van der Waals surface area contributed by atoms with E-state index in [1.807, 2.05) is 0 Å². The zero-order valence-corrected chi connectivity index (χ0v) is 13.0. The third kappa shape index (κ3) is 2.71. The van der Waals surface area contributed by atoms with Gasteiger partial charge in [-0.15, -0.1) is 0 Å². The fourth-order valence-electron chi connectivity index (χ4n) is 5.65. The van der Waals surface area contributed by atoms with E-state index in [-0.39, 0.29) is 0 Å². The standard InChI is InChI=1S/C17H31NO/c1-16(2,3)11-18-15(10-19)17-7-12-4-13(8-17)6-14(5-12)9-17/h12-15,18-19H,4-11H2,1-3H3/p+1/t12?,13?,14?,15-,17?/m1/s1. The van der Waals surface area contributed by atoms with Crippen molar-refractivity contribution in [3.05, 3.63) is 0 Å². The minimum Gasteiger partial charge on any atom is -0.390 e. The molecule has 4 bridgehead atoms. The monoisotopic (exact) mass is 266 g/mol. The SMILES string of the molecule is CC(C)(C)C[NH2+][C@H](CO)C12CC3CC(CC(C3)C1)C2. The lowest BCUT2D eigenvalue weighted by molar-refractivity contribution is -0.715. The Hall–Kier alpha value is -0.0800. The van der Waals surface area contributed by atoms with Gasteiger partial charge in [0, 0.05) is 10.8 Å². The molecule has 4 saturated carbocycles. The van der Waals surface area contributed by atoms with Crippen LogP contribution in [-0.2, 0) is 0 Å². The van der Waals surface area contributed by atoms with Gasteiger partial charge in [-0.25, -0.2) is 0 Å². The van der Waals surface area contributed by atoms with Gasteiger partial charge in [0.05, 0.1) is 13.2 Å². The summed E-state index contributed by atoms with van der Waals surface area (Å²) >= 11 is 0. The van der Waals surface area contributed by atoms with Crippen molar-refractivity contribution in [2.75, 3.05) is 13.2 Å². The third-order valence-corrected chi connectivity index (χ3v) is 6.08. The van der Waals surface area contributed by atoms with Crippen LogP contribution in [0.4, 0.5) is 0 Å². The van der Waals surface area contributed by atoms with E-state index >= 15 is 0 Å². The Kier molecular flexibility index (Phi) is 3.46. The van der Waals surface area contributed by atoms with Gasteiger partial charge in [-0.2, -0.15) is 0 Å². The molecule has 0 spiro atoms. The first-order chi connectivity index (χ1) is 8.90. The molecule has 1 atom stereocenters. The zero-order valence-electron chi connectivity index (χ0n) is 13.0. The van der Waals surface area contributed by atoms with Gasteiger partial charge in [0.25, 0.3) is 0 Å². The molecule has 0 aliphatic heterocycles. The Labute approximate surface area is 118 Å². The van der Waals surface area contributed by atoms with Crippen LogP contribution in [0, 0.1) is 28.6 Å². The number of quaternary nitrogens is 1. The number of hydrogen-bond donors (Lipinski definition) is 2. The van der Waals surface area contributed by atoms with Crippen LogP contribution in [0.5, 0.6) is 0 Å². The second-order valence-electron chi connectivity index (χ2n) is 9.07. The van der Waals surface area contributed by atoms with E-state index in [9.17, 15) is 5.11 Å². The van der Waals surface area contributed by atoms with Crippen molar-refractivity contribution in [2.45, 2.75) is 65.3 Å². The number of aliphatic hydroxyl groups excluding tert-OH is 1. The molecule has 4 rings (SSSR count). The van der Waals surface area contributed by atoms with E-state index in [2.05, 4.69) is 26.1 Å². The molecule has 19 heavy (non-hydrogen) atoms. The first-order valence-corrected chi connectivity index (χ1v) is 8.34. The van der Waals surface area contributed by atoms with E-state index in [4.69, 9.17) is 0 Å². The Bertz CT molecular complexity index is 295. The molecular formula is C17H32NO+. The van der Waals surface area contributed by atoms with Gasteiger partial charge in [-0.05, 0) is 56.3 Å². The van der Waals surface area contributed by atoms with Crippen LogP contribution in [0.25, 0.3) is 0 Å². The molecule has 3 N–H and O–H groups in total. The summed E-state index contributed by atoms with van der Waals surface area (Å²) in [5, 5.41) is 12.4. The third-order valence-electron chi connectivity index (χ3n) is 6.08. The van der Waals surface area contributed by atoms with Crippen molar-refractivity contribution in [1.29, 1.82) is 0 Å². The number of hydrogen-bond acceptors (Lipinski definition) is 1. The summed E-state index contributed by atoms with van der Waals surface area (Å²) in [4.78, 5) is 0. The molecule has 0 radical (unpaired) electrons. The largest absolute Gasteiger partial charge is 0.390 e. The van der Waals surface area contributed by atoms with Gasteiger partial charge in [-0.1, -0.05) is 20.8 Å². The van der Waals surface area contributed by atoms with Crippen LogP contribution < -0.4 is 5.32 Å². The summed E-state index contributed by atoms with van der Waals surface area (Å²) in [5.74, 6) is 2.97. The first-order valence-electron chi connectivity index (χ1n) is 8.34. The average molecular weight is 266 g/mol. The maximum absolute atomic E-state index is 9.95. The van der Waals surface area contributed by atoms with E-state index in [0.717, 1.165) is 24.3 Å². The first kappa shape index (κ1) is 13.9. The second-order valence-corrected chi connectivity index (χ2v) is 9.07. The molecule has 0 aromatic rings. The minimum atomic E-state index is 0.357. The smallest absolute Gasteiger partial charge is 0.115 e. The second kappa shape index (κ2) is 4.73. The number of rotatable bonds is 4. The predicted octanol–water partition coefficient (Wildman–Crippen LogP) is 2.17. The van der Waals surface area contributed by atoms with Crippen LogP contribution in [0.3, 0.4) is 0 Å². The van der Waals surface area contributed by atoms with E-state index in [1.165, 1.54) is 38.5 Å². The summed E-state index contributed by atoms with van der Waals surface area (Å²) in [6.07, 6.45) is 8.71. The average Bonchev–Trinajstić information content (AvgIpc) is 2.25. The number of aliphatic hydroxyl groups is 1. The summed E-state index contributed by atoms with van der Waals surface area (Å²) in [6, 6.07) is 0.458. The molecular weight excluding hydrogens is 234 g/mol. The summed E-state index contributed by atoms with van der Waals surface area (Å²) < 4.78 is 0. The fourth-order valence-corrected chi connectivity index (χ4v) is 5.65. The number of nitrogens with two attached hydrogens (primary N) is 1. The highest BCUT2D eigenvalue weighted by atomic mass is 16.3. The lowest BCUT2D eigenvalue weighted by Gasteiger charge is -2.58. The topological polar surface area (TPSA) is 36.8 Å². The normalized spacial score (nSPS) is 42.6. The van der Waals surface area contributed by atoms with Gasteiger partial charge < -0.3 is 10.4 Å². The maximum Gasteiger partial charge on any atom is 0.115 e. The van der Waals surface area contributed by atoms with Gasteiger partial charge in [0.2, 0.25) is 0 Å². The summed E-state index contributed by atoms with van der Waals surface area (Å²) in [6.45, 7) is 8.43. The van der Waals surface area contributed by atoms with Crippen LogP contribution in [0.1, 0.15) is 59.3 Å². The Morgan fingerprint density at radius 2 is 1.53 bits per heavy atom. The highest BCUT2D eigenvalue weighted by molar-refractivity contribution is 5.04. The van der Waals surface area contributed by atoms with E-state index in [1.54, 1.807) is 0 Å². The molecule has 0 amide bonds. The van der Waals surface area contributed by atoms with Crippen LogP contribution in [0.2, 0.25) is 0 Å². The zero-order chi connectivity index (χ0) is 13.7. The van der Waals surface area contributed by atoms with Gasteiger partial charge in [0.1, 0.15) is 6.04 Å². The van der Waals surface area contributed by atoms with Crippen molar-refractivity contribution in [3.8, 4) is 0 Å². The molecule has 110 valence electrons. The molecule has 0 aromatic carbocycles. The molecule has 4 aliphatic carbocycles. The minimum absolute atomic E-state index is 0.357. The Morgan fingerprint density at radius 1 is 1.05 bits per heavy atom. The molecule has 0 aromatic heterocycles. The lowest BCUT2D eigenvalue weighted by atomic mass is 9.47. The van der Waals surface area contributed by atoms with Crippen molar-refractivity contribution >= 4 is 0 Å². The molecule has 4 aliphatic rings. The highest BCUT2D eigenvalue weighted by Crippen LogP contribution is 2.60. The van der Waals surface area contributed by atoms with Gasteiger partial charge in [0.15, 0.2) is 0 Å². The van der Waals surface area contributed by atoms with Gasteiger partial charge >= 0.3 is 0 Å². The fraction of sp³-hybridized carbons (Fsp3) is 1.00. The molecule has 2 nitrogen and oxygen atoms in total. The summed E-state index contributed by atoms with van der Waals surface area (Å²) in [7, 11) is 0. The molecule has 0 unspecified atom stereocenters. The van der Waals surface area contributed by atoms with Crippen LogP contribution in [-0.4, -0.2) is 24.3 Å². The molecule has 4 fully saturated rings. The maximum atomic E-state index is 9.95. The van der Waals surface area contributed by atoms with Crippen molar-refractivity contribution in [1.82, 2.24) is 0 Å². The van der Waals surface area contributed by atoms with Crippen molar-refractivity contribution in [2.24, 2.45) is 28.6 Å². The quantitative estimate of drug-likeness (QED) is 0.804. The lowest BCUT2D eigenvalue weighted by Crippen LogP contribution is -2.96. The van der Waals surface area contributed by atoms with Crippen LogP contribution in [0.15, 0.2) is 0 Å². The molecule has 2 heteroatoms. The Balaban J connectivity index is 1.71. The van der Waals surface area contributed by atoms with Gasteiger partial charge in [-0.3, -0.25) is 0 Å². The highest BCUT2D eigenvalue weighted by Gasteiger charge is 2.55. The van der Waals surface area contributed by atoms with Crippen molar-refractivity contribution < 1.29 is 10.4 Å². The molecule has 0 saturated heterocycles. The molecule has 0 heterocycles. The van der Waals surface area contributed by atoms with E-state index < -0.39 is 0 Å². The predicted molar refractivity (Wildman–Crippen MR) is 77.7 cm³/mol. The summed E-state index contributed by atoms with van der Waals surface area (Å²) in [5.41, 5.74) is 0.838.